The van der Waals surface area contributed by atoms with Crippen LogP contribution >= 0.6 is 11.6 Å². The molecule has 5 rings (SSSR count). The summed E-state index contributed by atoms with van der Waals surface area (Å²) in [4.78, 5) is -0.0929. The molecule has 1 saturated carbocycles. The average molecular weight is 533 g/mol. The van der Waals surface area contributed by atoms with E-state index in [4.69, 9.17) is 21.1 Å². The van der Waals surface area contributed by atoms with E-state index in [0.29, 0.717) is 17.9 Å². The van der Waals surface area contributed by atoms with Crippen molar-refractivity contribution in [3.63, 3.8) is 0 Å². The van der Waals surface area contributed by atoms with Gasteiger partial charge in [-0.1, -0.05) is 11.6 Å². The predicted molar refractivity (Wildman–Crippen MR) is 121 cm³/mol. The van der Waals surface area contributed by atoms with E-state index in [9.17, 15) is 21.2 Å². The minimum absolute atomic E-state index is 0.0387. The molecule has 11 heteroatoms. The first-order valence-electron chi connectivity index (χ1n) is 11.0. The highest BCUT2D eigenvalue weighted by Gasteiger charge is 2.61. The standard InChI is InChI=1S/C23H23ClF2O6S2/c24-14-1-3-16(4-2-14)34(29,30)23-10-11-31-20(9-12-33(27,28)15-5-6-15)17(23)13-32-22-19(26)8-7-18(25)21(22)23/h1-4,7-8,15,17,20H,5-6,9-13H2/t17-,20-,23-/m0/s1. The maximum atomic E-state index is 15.3. The summed E-state index contributed by atoms with van der Waals surface area (Å²) in [5.74, 6) is -3.31. The van der Waals surface area contributed by atoms with Gasteiger partial charge in [-0.05, 0) is 62.1 Å². The Hall–Kier alpha value is -1.75. The zero-order valence-corrected chi connectivity index (χ0v) is 20.4. The molecule has 0 amide bonds. The molecule has 2 aliphatic heterocycles. The highest BCUT2D eigenvalue weighted by atomic mass is 35.5. The lowest BCUT2D eigenvalue weighted by Gasteiger charge is -2.50. The zero-order valence-electron chi connectivity index (χ0n) is 18.0. The maximum absolute atomic E-state index is 15.3. The Bertz CT molecular complexity index is 1330. The summed E-state index contributed by atoms with van der Waals surface area (Å²) in [6.07, 6.45) is 0.308. The lowest BCUT2D eigenvalue weighted by atomic mass is 9.75. The van der Waals surface area contributed by atoms with Crippen LogP contribution in [0.2, 0.25) is 5.02 Å². The minimum atomic E-state index is -4.32. The smallest absolute Gasteiger partial charge is 0.189 e. The first kappa shape index (κ1) is 24.0. The minimum Gasteiger partial charge on any atom is -0.490 e. The van der Waals surface area contributed by atoms with Crippen molar-refractivity contribution in [1.29, 1.82) is 0 Å². The van der Waals surface area contributed by atoms with Crippen LogP contribution in [0, 0.1) is 17.6 Å². The van der Waals surface area contributed by atoms with Crippen molar-refractivity contribution in [1.82, 2.24) is 0 Å². The summed E-state index contributed by atoms with van der Waals surface area (Å²) in [5, 5.41) is -0.0405. The number of rotatable bonds is 6. The van der Waals surface area contributed by atoms with Gasteiger partial charge in [-0.25, -0.2) is 25.6 Å². The fourth-order valence-corrected chi connectivity index (χ4v) is 9.43. The van der Waals surface area contributed by atoms with E-state index in [2.05, 4.69) is 0 Å². The van der Waals surface area contributed by atoms with Gasteiger partial charge >= 0.3 is 0 Å². The highest BCUT2D eigenvalue weighted by Crippen LogP contribution is 2.56. The van der Waals surface area contributed by atoms with Crippen LogP contribution in [-0.4, -0.2) is 47.2 Å². The molecule has 34 heavy (non-hydrogen) atoms. The van der Waals surface area contributed by atoms with E-state index < -0.39 is 53.8 Å². The third-order valence-corrected chi connectivity index (χ3v) is 12.2. The van der Waals surface area contributed by atoms with Gasteiger partial charge in [0.25, 0.3) is 0 Å². The third-order valence-electron chi connectivity index (χ3n) is 7.06. The number of sulfone groups is 2. The first-order valence-corrected chi connectivity index (χ1v) is 14.6. The zero-order chi connectivity index (χ0) is 24.3. The molecule has 6 nitrogen and oxygen atoms in total. The number of hydrogen-bond acceptors (Lipinski definition) is 6. The van der Waals surface area contributed by atoms with Gasteiger partial charge in [-0.15, -0.1) is 0 Å². The Morgan fingerprint density at radius 1 is 1.00 bits per heavy atom. The van der Waals surface area contributed by atoms with Crippen molar-refractivity contribution in [2.75, 3.05) is 19.0 Å². The number of ether oxygens (including phenoxy) is 2. The molecule has 184 valence electrons. The lowest BCUT2D eigenvalue weighted by Crippen LogP contribution is -2.57. The van der Waals surface area contributed by atoms with E-state index in [1.807, 2.05) is 0 Å². The Labute approximate surface area is 202 Å². The summed E-state index contributed by atoms with van der Waals surface area (Å²) in [7, 11) is -7.65. The number of fused-ring (bicyclic) bond motifs is 3. The fourth-order valence-electron chi connectivity index (χ4n) is 5.21. The van der Waals surface area contributed by atoms with E-state index in [-0.39, 0.29) is 47.5 Å². The van der Waals surface area contributed by atoms with E-state index in [0.717, 1.165) is 12.1 Å². The molecular formula is C23H23ClF2O6S2. The molecule has 0 bridgehead atoms. The molecule has 2 fully saturated rings. The van der Waals surface area contributed by atoms with E-state index >= 15 is 4.39 Å². The number of halogens is 3. The van der Waals surface area contributed by atoms with Gasteiger partial charge in [0.2, 0.25) is 0 Å². The van der Waals surface area contributed by atoms with Crippen molar-refractivity contribution in [2.45, 2.75) is 46.7 Å². The molecule has 3 atom stereocenters. The Kier molecular flexibility index (Phi) is 5.94. The quantitative estimate of drug-likeness (QED) is 0.558. The van der Waals surface area contributed by atoms with Crippen molar-refractivity contribution in [3.05, 3.63) is 58.6 Å². The van der Waals surface area contributed by atoms with Crippen molar-refractivity contribution < 1.29 is 35.1 Å². The molecule has 0 N–H and O–H groups in total. The Balaban J connectivity index is 1.65. The van der Waals surface area contributed by atoms with E-state index in [1.54, 1.807) is 0 Å². The van der Waals surface area contributed by atoms with Gasteiger partial charge in [-0.3, -0.25) is 0 Å². The van der Waals surface area contributed by atoms with Gasteiger partial charge in [-0.2, -0.15) is 0 Å². The second-order valence-corrected chi connectivity index (χ2v) is 14.1. The van der Waals surface area contributed by atoms with Crippen LogP contribution in [-0.2, 0) is 29.2 Å². The summed E-state index contributed by atoms with van der Waals surface area (Å²) >= 11 is 5.95. The SMILES string of the molecule is O=S(=O)(CC[C@@H]1OCC[C@@]2(S(=O)(=O)c3ccc(Cl)cc3)c3c(F)ccc(F)c3OC[C@@H]12)C1CC1. The summed E-state index contributed by atoms with van der Waals surface area (Å²) in [6, 6.07) is 7.29. The molecule has 0 radical (unpaired) electrons. The molecule has 1 saturated heterocycles. The first-order chi connectivity index (χ1) is 16.1. The summed E-state index contributed by atoms with van der Waals surface area (Å²) < 4.78 is 92.9. The number of hydrogen-bond donors (Lipinski definition) is 0. The van der Waals surface area contributed by atoms with Crippen LogP contribution in [0.1, 0.15) is 31.2 Å². The Morgan fingerprint density at radius 2 is 1.68 bits per heavy atom. The van der Waals surface area contributed by atoms with Gasteiger partial charge < -0.3 is 9.47 Å². The van der Waals surface area contributed by atoms with Crippen LogP contribution in [0.3, 0.4) is 0 Å². The molecule has 3 aliphatic rings. The van der Waals surface area contributed by atoms with Crippen LogP contribution in [0.15, 0.2) is 41.3 Å². The average Bonchev–Trinajstić information content (AvgIpc) is 3.66. The molecule has 0 unspecified atom stereocenters. The van der Waals surface area contributed by atoms with Crippen molar-refractivity contribution in [2.24, 2.45) is 5.92 Å². The highest BCUT2D eigenvalue weighted by molar-refractivity contribution is 7.92. The van der Waals surface area contributed by atoms with E-state index in [1.165, 1.54) is 24.3 Å². The molecule has 2 aromatic carbocycles. The van der Waals surface area contributed by atoms with Crippen LogP contribution in [0.5, 0.6) is 5.75 Å². The van der Waals surface area contributed by atoms with Crippen molar-refractivity contribution in [3.8, 4) is 5.75 Å². The lowest BCUT2D eigenvalue weighted by molar-refractivity contribution is -0.0732. The fraction of sp³-hybridized carbons (Fsp3) is 0.478. The van der Waals surface area contributed by atoms with Crippen LogP contribution in [0.25, 0.3) is 0 Å². The molecule has 2 heterocycles. The third kappa shape index (κ3) is 3.73. The molecule has 0 spiro atoms. The van der Waals surface area contributed by atoms with Crippen molar-refractivity contribution >= 4 is 31.3 Å². The van der Waals surface area contributed by atoms with Gasteiger partial charge in [0.1, 0.15) is 10.6 Å². The molecular weight excluding hydrogens is 510 g/mol. The predicted octanol–water partition coefficient (Wildman–Crippen LogP) is 4.05. The van der Waals surface area contributed by atoms with Gasteiger partial charge in [0.05, 0.1) is 34.2 Å². The second-order valence-electron chi connectivity index (χ2n) is 9.01. The van der Waals surface area contributed by atoms with Gasteiger partial charge in [0.15, 0.2) is 31.2 Å². The summed E-state index contributed by atoms with van der Waals surface area (Å²) in [5.41, 5.74) is -0.364. The second kappa shape index (κ2) is 8.43. The van der Waals surface area contributed by atoms with Gasteiger partial charge in [0, 0.05) is 17.5 Å². The summed E-state index contributed by atoms with van der Waals surface area (Å²) in [6.45, 7) is -0.318. The monoisotopic (exact) mass is 532 g/mol. The topological polar surface area (TPSA) is 86.7 Å². The Morgan fingerprint density at radius 3 is 2.35 bits per heavy atom. The maximum Gasteiger partial charge on any atom is 0.189 e. The number of benzene rings is 2. The molecule has 2 aromatic rings. The normalized spacial score (nSPS) is 26.9. The molecule has 0 aromatic heterocycles. The molecule has 1 aliphatic carbocycles. The van der Waals surface area contributed by atoms with Crippen LogP contribution in [0.4, 0.5) is 8.78 Å². The largest absolute Gasteiger partial charge is 0.490 e. The van der Waals surface area contributed by atoms with Crippen LogP contribution < -0.4 is 4.74 Å².